The monoisotopic (exact) mass is 838 g/mol. The van der Waals surface area contributed by atoms with E-state index in [0.717, 1.165) is 0 Å². The van der Waals surface area contributed by atoms with Gasteiger partial charge in [0.25, 0.3) is 0 Å². The predicted molar refractivity (Wildman–Crippen MR) is 226 cm³/mol. The van der Waals surface area contributed by atoms with Crippen molar-refractivity contribution in [3.8, 4) is 22.6 Å². The minimum Gasteiger partial charge on any atom is -0.493 e. The molecule has 0 spiro atoms. The van der Waals surface area contributed by atoms with Crippen molar-refractivity contribution in [3.63, 3.8) is 0 Å². The van der Waals surface area contributed by atoms with Gasteiger partial charge < -0.3 is 45.0 Å². The molecule has 2 aromatic rings. The van der Waals surface area contributed by atoms with Crippen molar-refractivity contribution < 1.29 is 52.5 Å². The number of nitrogens with two attached hydrogens (primary N) is 1. The lowest BCUT2D eigenvalue weighted by atomic mass is 9.89. The molecular weight excluding hydrogens is 773 g/mol. The number of likely N-dealkylation sites (N-methyl/N-ethyl adjacent to an activating group) is 1. The molecule has 3 rings (SSSR count). The van der Waals surface area contributed by atoms with Gasteiger partial charge in [0, 0.05) is 43.4 Å². The molecule has 4 atom stereocenters. The first-order chi connectivity index (χ1) is 28.1. The predicted octanol–water partition coefficient (Wildman–Crippen LogP) is 5.97. The number of hydrogen-bond acceptors (Lipinski definition) is 12. The lowest BCUT2D eigenvalue weighted by Gasteiger charge is -2.31. The van der Waals surface area contributed by atoms with Gasteiger partial charge in [-0.2, -0.15) is 0 Å². The number of nitrogens with one attached hydrogen (secondary N) is 2. The Kier molecular flexibility index (Phi) is 18.4. The average molecular weight is 839 g/mol. The Balaban J connectivity index is 2.06. The van der Waals surface area contributed by atoms with Crippen LogP contribution in [0.15, 0.2) is 36.4 Å². The Hall–Kier alpha value is -5.18. The summed E-state index contributed by atoms with van der Waals surface area (Å²) in [6.07, 6.45) is 2.28. The van der Waals surface area contributed by atoms with E-state index in [1.807, 2.05) is 33.8 Å². The first-order valence-electron chi connectivity index (χ1n) is 20.8. The molecule has 332 valence electrons. The summed E-state index contributed by atoms with van der Waals surface area (Å²) in [6.45, 7) is 14.9. The fourth-order valence-electron chi connectivity index (χ4n) is 6.67. The maximum Gasteiger partial charge on any atom is 0.407 e. The number of alkyl carbamates (subject to hydrolysis) is 1. The van der Waals surface area contributed by atoms with Crippen LogP contribution in [-0.2, 0) is 44.6 Å². The van der Waals surface area contributed by atoms with Gasteiger partial charge >= 0.3 is 18.0 Å². The normalized spacial score (nSPS) is 17.6. The lowest BCUT2D eigenvalue weighted by molar-refractivity contribution is -0.155. The summed E-state index contributed by atoms with van der Waals surface area (Å²) in [5, 5.41) is 5.45. The maximum atomic E-state index is 14.4. The zero-order valence-corrected chi connectivity index (χ0v) is 37.1. The second-order valence-electron chi connectivity index (χ2n) is 17.2. The number of nitrogens with zero attached hydrogens (tertiary/aromatic N) is 1. The first kappa shape index (κ1) is 49.2. The van der Waals surface area contributed by atoms with E-state index in [1.54, 1.807) is 58.0 Å². The number of esters is 2. The number of amides is 3. The van der Waals surface area contributed by atoms with Gasteiger partial charge in [-0.05, 0) is 96.2 Å². The van der Waals surface area contributed by atoms with Crippen LogP contribution in [-0.4, -0.2) is 97.7 Å². The molecule has 0 saturated carbocycles. The Morgan fingerprint density at radius 2 is 1.52 bits per heavy atom. The molecule has 1 aliphatic rings. The lowest BCUT2D eigenvalue weighted by Crippen LogP contribution is -2.47. The molecular formula is C45H66N4O11. The van der Waals surface area contributed by atoms with Crippen LogP contribution in [0.3, 0.4) is 0 Å². The van der Waals surface area contributed by atoms with Crippen molar-refractivity contribution in [2.24, 2.45) is 11.7 Å². The van der Waals surface area contributed by atoms with Crippen LogP contribution < -0.4 is 25.8 Å². The summed E-state index contributed by atoms with van der Waals surface area (Å²) < 4.78 is 28.3. The zero-order chi connectivity index (χ0) is 44.8. The highest BCUT2D eigenvalue weighted by Gasteiger charge is 2.35. The van der Waals surface area contributed by atoms with Crippen molar-refractivity contribution >= 4 is 35.6 Å². The molecule has 1 aliphatic heterocycles. The van der Waals surface area contributed by atoms with E-state index in [4.69, 9.17) is 29.4 Å². The molecule has 0 saturated heterocycles. The van der Waals surface area contributed by atoms with E-state index < -0.39 is 64.9 Å². The molecule has 0 aromatic heterocycles. The molecule has 0 aliphatic carbocycles. The van der Waals surface area contributed by atoms with E-state index in [0.29, 0.717) is 72.5 Å². The van der Waals surface area contributed by atoms with Crippen LogP contribution in [0, 0.1) is 5.92 Å². The third kappa shape index (κ3) is 15.4. The summed E-state index contributed by atoms with van der Waals surface area (Å²) in [7, 11) is 2.75. The number of Topliss-reactive ketones (excluding diaryl/α,β-unsaturated/α-hetero) is 1. The fraction of sp³-hybridized carbons (Fsp3) is 0.600. The number of methoxy groups -OCH3 is 1. The highest BCUT2D eigenvalue weighted by Crippen LogP contribution is 2.40. The van der Waals surface area contributed by atoms with Crippen LogP contribution in [0.4, 0.5) is 4.79 Å². The number of ether oxygens (including phenoxy) is 5. The van der Waals surface area contributed by atoms with E-state index >= 15 is 0 Å². The number of carbonyl (C=O) groups excluding carboxylic acids is 6. The molecule has 3 amide bonds. The summed E-state index contributed by atoms with van der Waals surface area (Å²) in [6, 6.07) is 7.37. The van der Waals surface area contributed by atoms with Crippen LogP contribution in [0.2, 0.25) is 0 Å². The van der Waals surface area contributed by atoms with E-state index in [9.17, 15) is 28.8 Å². The molecule has 1 heterocycles. The summed E-state index contributed by atoms with van der Waals surface area (Å²) in [5.74, 6) is -2.36. The van der Waals surface area contributed by atoms with Crippen LogP contribution >= 0.6 is 0 Å². The molecule has 0 radical (unpaired) electrons. The van der Waals surface area contributed by atoms with Gasteiger partial charge in [-0.25, -0.2) is 9.59 Å². The standard InChI is InChI=1S/C45H66N4O11/c1-11-22-57-37-20-18-30-27-32(37)31-25-29(17-19-36(31)58-23-21-47-43(55)60-45(6,7)8)26-34(42(54)56-10)48-40(52)28(2)24-35(50)39(30)49(9)41(53)33(46)15-13-12-14-16-38(51)59-44(3,4)5/h17-20,25,27-28,33-34,39H,11-16,21-24,26,46H2,1-10H3,(H,47,55)(H,48,52)/t28-,33+,34+,39+/m1/s1. The van der Waals surface area contributed by atoms with Crippen LogP contribution in [0.1, 0.15) is 118 Å². The largest absolute Gasteiger partial charge is 0.493 e. The summed E-state index contributed by atoms with van der Waals surface area (Å²) >= 11 is 0. The van der Waals surface area contributed by atoms with Gasteiger partial charge in [0.1, 0.15) is 41.4 Å². The molecule has 4 bridgehead atoms. The fourth-order valence-corrected chi connectivity index (χ4v) is 6.67. The quantitative estimate of drug-likeness (QED) is 0.102. The third-order valence-corrected chi connectivity index (χ3v) is 9.51. The Bertz CT molecular complexity index is 1820. The van der Waals surface area contributed by atoms with Crippen molar-refractivity contribution in [1.82, 2.24) is 15.5 Å². The Morgan fingerprint density at radius 1 is 0.883 bits per heavy atom. The zero-order valence-electron chi connectivity index (χ0n) is 37.1. The third-order valence-electron chi connectivity index (χ3n) is 9.51. The number of rotatable bonds is 16. The van der Waals surface area contributed by atoms with E-state index in [1.165, 1.54) is 19.1 Å². The second-order valence-corrected chi connectivity index (χ2v) is 17.2. The number of benzene rings is 2. The topological polar surface area (TPSA) is 202 Å². The number of ketones is 1. The van der Waals surface area contributed by atoms with Crippen LogP contribution in [0.5, 0.6) is 11.5 Å². The number of carbonyl (C=O) groups is 6. The smallest absolute Gasteiger partial charge is 0.407 e. The molecule has 15 heteroatoms. The second kappa shape index (κ2) is 22.4. The van der Waals surface area contributed by atoms with Gasteiger partial charge in [0.2, 0.25) is 11.8 Å². The molecule has 0 unspecified atom stereocenters. The van der Waals surface area contributed by atoms with Gasteiger partial charge in [-0.15, -0.1) is 0 Å². The van der Waals surface area contributed by atoms with Gasteiger partial charge in [0.05, 0.1) is 26.3 Å². The average Bonchev–Trinajstić information content (AvgIpc) is 3.16. The van der Waals surface area contributed by atoms with Gasteiger partial charge in [0.15, 0.2) is 5.78 Å². The molecule has 0 fully saturated rings. The van der Waals surface area contributed by atoms with E-state index in [2.05, 4.69) is 10.6 Å². The van der Waals surface area contributed by atoms with Gasteiger partial charge in [-0.3, -0.25) is 19.2 Å². The molecule has 2 aromatic carbocycles. The van der Waals surface area contributed by atoms with Crippen molar-refractivity contribution in [3.05, 3.63) is 47.5 Å². The minimum atomic E-state index is -1.16. The SMILES string of the molecule is CCCOc1ccc2cc1-c1cc(ccc1OCCNC(=O)OC(C)(C)C)C[C@@H](C(=O)OC)NC(=O)[C@H](C)CC(=O)[C@H]2N(C)C(=O)[C@@H](N)CCCCCC(=O)OC(C)(C)C. The summed E-state index contributed by atoms with van der Waals surface area (Å²) in [4.78, 5) is 80.8. The number of fused-ring (bicyclic) bond motifs is 5. The maximum absolute atomic E-state index is 14.4. The van der Waals surface area contributed by atoms with Crippen LogP contribution in [0.25, 0.3) is 11.1 Å². The highest BCUT2D eigenvalue weighted by atomic mass is 16.6. The molecule has 4 N–H and O–H groups in total. The summed E-state index contributed by atoms with van der Waals surface area (Å²) in [5.41, 5.74) is 7.43. The number of hydrogen-bond donors (Lipinski definition) is 3. The first-order valence-corrected chi connectivity index (χ1v) is 20.8. The number of unbranched alkanes of at least 4 members (excludes halogenated alkanes) is 2. The Morgan fingerprint density at radius 3 is 2.15 bits per heavy atom. The Labute approximate surface area is 354 Å². The van der Waals surface area contributed by atoms with Crippen molar-refractivity contribution in [2.75, 3.05) is 33.9 Å². The van der Waals surface area contributed by atoms with Crippen molar-refractivity contribution in [2.45, 2.75) is 136 Å². The molecule has 60 heavy (non-hydrogen) atoms. The van der Waals surface area contributed by atoms with Crippen molar-refractivity contribution in [1.29, 1.82) is 0 Å². The van der Waals surface area contributed by atoms with E-state index in [-0.39, 0.29) is 38.4 Å². The molecule has 15 nitrogen and oxygen atoms in total. The highest BCUT2D eigenvalue weighted by molar-refractivity contribution is 5.95. The van der Waals surface area contributed by atoms with Gasteiger partial charge in [-0.1, -0.05) is 38.8 Å². The minimum absolute atomic E-state index is 0.0619.